The predicted molar refractivity (Wildman–Crippen MR) is 52.6 cm³/mol. The van der Waals surface area contributed by atoms with Crippen LogP contribution >= 0.6 is 11.3 Å². The fraction of sp³-hybridized carbons (Fsp3) is 0.375. The zero-order valence-corrected chi connectivity index (χ0v) is 8.15. The highest BCUT2D eigenvalue weighted by Gasteiger charge is 2.08. The first-order valence-corrected chi connectivity index (χ1v) is 4.81. The second-order valence-corrected chi connectivity index (χ2v) is 3.89. The van der Waals surface area contributed by atoms with Crippen LogP contribution in [-0.2, 0) is 17.9 Å². The molecular weight excluding hydrogens is 186 g/mol. The fourth-order valence-electron chi connectivity index (χ4n) is 1.26. The molecule has 0 aromatic carbocycles. The van der Waals surface area contributed by atoms with Crippen LogP contribution in [0.25, 0.3) is 10.2 Å². The van der Waals surface area contributed by atoms with Crippen LogP contribution < -0.4 is 5.73 Å². The quantitative estimate of drug-likeness (QED) is 0.777. The topological polar surface area (TPSA) is 63.9 Å². The molecule has 0 saturated carbocycles. The molecule has 3 N–H and O–H groups in total. The van der Waals surface area contributed by atoms with Crippen LogP contribution in [0, 0.1) is 0 Å². The number of fused-ring (bicyclic) bond motifs is 1. The van der Waals surface area contributed by atoms with Crippen LogP contribution in [0.1, 0.15) is 10.6 Å². The third-order valence-electron chi connectivity index (χ3n) is 1.87. The van der Waals surface area contributed by atoms with E-state index in [4.69, 9.17) is 10.5 Å². The van der Waals surface area contributed by atoms with Crippen molar-refractivity contribution in [3.63, 3.8) is 0 Å². The van der Waals surface area contributed by atoms with Crippen LogP contribution in [0.5, 0.6) is 0 Å². The number of rotatable bonds is 3. The lowest BCUT2D eigenvalue weighted by molar-refractivity contribution is 0.182. The molecule has 13 heavy (non-hydrogen) atoms. The lowest BCUT2D eigenvalue weighted by Gasteiger charge is -1.92. The van der Waals surface area contributed by atoms with Gasteiger partial charge in [0.1, 0.15) is 4.83 Å². The van der Waals surface area contributed by atoms with Crippen molar-refractivity contribution in [2.75, 3.05) is 7.11 Å². The number of nitrogens with two attached hydrogens (primary N) is 1. The average molecular weight is 197 g/mol. The zero-order chi connectivity index (χ0) is 9.26. The molecule has 0 aliphatic rings. The van der Waals surface area contributed by atoms with Gasteiger partial charge in [-0.15, -0.1) is 11.3 Å². The molecule has 2 heterocycles. The van der Waals surface area contributed by atoms with Crippen molar-refractivity contribution in [3.8, 4) is 0 Å². The highest BCUT2D eigenvalue weighted by molar-refractivity contribution is 7.18. The summed E-state index contributed by atoms with van der Waals surface area (Å²) in [5, 5.41) is 8.24. The van der Waals surface area contributed by atoms with E-state index in [-0.39, 0.29) is 0 Å². The Kier molecular flexibility index (Phi) is 2.30. The second-order valence-electron chi connectivity index (χ2n) is 2.77. The van der Waals surface area contributed by atoms with E-state index >= 15 is 0 Å². The third kappa shape index (κ3) is 1.46. The smallest absolute Gasteiger partial charge is 0.145 e. The van der Waals surface area contributed by atoms with Crippen molar-refractivity contribution in [1.29, 1.82) is 0 Å². The lowest BCUT2D eigenvalue weighted by atomic mass is 10.3. The summed E-state index contributed by atoms with van der Waals surface area (Å²) in [5.41, 5.74) is 6.56. The van der Waals surface area contributed by atoms with Gasteiger partial charge in [0.2, 0.25) is 0 Å². The molecule has 0 aliphatic heterocycles. The first-order chi connectivity index (χ1) is 6.35. The van der Waals surface area contributed by atoms with Gasteiger partial charge in [0, 0.05) is 23.9 Å². The SMILES string of the molecule is COCc1[nH]nc2sc(CN)cc12. The Labute approximate surface area is 79.7 Å². The minimum atomic E-state index is 0.567. The van der Waals surface area contributed by atoms with Crippen molar-refractivity contribution in [1.82, 2.24) is 10.2 Å². The van der Waals surface area contributed by atoms with Crippen LogP contribution in [0.15, 0.2) is 6.07 Å². The molecule has 0 unspecified atom stereocenters. The summed E-state index contributed by atoms with van der Waals surface area (Å²) in [7, 11) is 1.67. The molecule has 0 saturated heterocycles. The maximum Gasteiger partial charge on any atom is 0.145 e. The van der Waals surface area contributed by atoms with Crippen molar-refractivity contribution in [2.45, 2.75) is 13.2 Å². The van der Waals surface area contributed by atoms with Crippen LogP contribution in [0.4, 0.5) is 0 Å². The monoisotopic (exact) mass is 197 g/mol. The van der Waals surface area contributed by atoms with Gasteiger partial charge < -0.3 is 10.5 Å². The number of nitrogens with zero attached hydrogens (tertiary/aromatic N) is 1. The Hall–Kier alpha value is -0.910. The number of aromatic amines is 1. The molecule has 0 atom stereocenters. The summed E-state index contributed by atoms with van der Waals surface area (Å²) in [6.45, 7) is 1.14. The Balaban J connectivity index is 2.46. The van der Waals surface area contributed by atoms with E-state index in [1.807, 2.05) is 0 Å². The van der Waals surface area contributed by atoms with E-state index in [9.17, 15) is 0 Å². The molecule has 4 nitrogen and oxygen atoms in total. The van der Waals surface area contributed by atoms with Gasteiger partial charge in [-0.05, 0) is 6.07 Å². The van der Waals surface area contributed by atoms with E-state index < -0.39 is 0 Å². The molecule has 0 radical (unpaired) electrons. The maximum atomic E-state index is 5.54. The van der Waals surface area contributed by atoms with E-state index in [1.54, 1.807) is 18.4 Å². The van der Waals surface area contributed by atoms with Crippen LogP contribution in [0.2, 0.25) is 0 Å². The fourth-order valence-corrected chi connectivity index (χ4v) is 2.16. The Morgan fingerprint density at radius 2 is 2.54 bits per heavy atom. The molecule has 0 fully saturated rings. The zero-order valence-electron chi connectivity index (χ0n) is 7.33. The van der Waals surface area contributed by atoms with Gasteiger partial charge in [0.25, 0.3) is 0 Å². The number of hydrogen-bond acceptors (Lipinski definition) is 4. The van der Waals surface area contributed by atoms with E-state index in [0.717, 1.165) is 20.8 Å². The van der Waals surface area contributed by atoms with Gasteiger partial charge >= 0.3 is 0 Å². The second kappa shape index (κ2) is 3.45. The Morgan fingerprint density at radius 1 is 1.69 bits per heavy atom. The molecular formula is C8H11N3OS. The maximum absolute atomic E-state index is 5.54. The first-order valence-electron chi connectivity index (χ1n) is 4.00. The molecule has 2 rings (SSSR count). The Bertz CT molecular complexity index is 406. The number of methoxy groups -OCH3 is 1. The van der Waals surface area contributed by atoms with Crippen molar-refractivity contribution in [3.05, 3.63) is 16.6 Å². The first kappa shape index (κ1) is 8.68. The minimum absolute atomic E-state index is 0.567. The summed E-state index contributed by atoms with van der Waals surface area (Å²) in [4.78, 5) is 2.16. The van der Waals surface area contributed by atoms with Crippen molar-refractivity contribution < 1.29 is 4.74 Å². The molecule has 0 amide bonds. The van der Waals surface area contributed by atoms with E-state index in [0.29, 0.717) is 13.2 Å². The number of aromatic nitrogens is 2. The summed E-state index contributed by atoms with van der Waals surface area (Å²) in [5.74, 6) is 0. The number of nitrogens with one attached hydrogen (secondary N) is 1. The number of hydrogen-bond donors (Lipinski definition) is 2. The van der Waals surface area contributed by atoms with Gasteiger partial charge in [-0.3, -0.25) is 5.10 Å². The standard InChI is InChI=1S/C8H11N3OS/c1-12-4-7-6-2-5(3-9)13-8(6)11-10-7/h2H,3-4,9H2,1H3,(H,10,11). The molecule has 2 aromatic rings. The normalized spacial score (nSPS) is 11.2. The molecule has 0 bridgehead atoms. The molecule has 0 aliphatic carbocycles. The average Bonchev–Trinajstić information content (AvgIpc) is 2.67. The summed E-state index contributed by atoms with van der Waals surface area (Å²) >= 11 is 1.62. The predicted octanol–water partition coefficient (Wildman–Crippen LogP) is 1.23. The van der Waals surface area contributed by atoms with Gasteiger partial charge in [-0.25, -0.2) is 0 Å². The van der Waals surface area contributed by atoms with Crippen molar-refractivity contribution >= 4 is 21.6 Å². The third-order valence-corrected chi connectivity index (χ3v) is 2.92. The summed E-state index contributed by atoms with van der Waals surface area (Å²) in [6.07, 6.45) is 0. The molecule has 5 heteroatoms. The number of ether oxygens (including phenoxy) is 1. The largest absolute Gasteiger partial charge is 0.378 e. The molecule has 0 spiro atoms. The number of thiophene rings is 1. The molecule has 2 aromatic heterocycles. The van der Waals surface area contributed by atoms with Crippen LogP contribution in [0.3, 0.4) is 0 Å². The van der Waals surface area contributed by atoms with E-state index in [2.05, 4.69) is 16.3 Å². The minimum Gasteiger partial charge on any atom is -0.378 e. The van der Waals surface area contributed by atoms with Gasteiger partial charge in [0.05, 0.1) is 12.3 Å². The van der Waals surface area contributed by atoms with Crippen LogP contribution in [-0.4, -0.2) is 17.3 Å². The van der Waals surface area contributed by atoms with Gasteiger partial charge in [0.15, 0.2) is 0 Å². The van der Waals surface area contributed by atoms with Gasteiger partial charge in [-0.1, -0.05) is 0 Å². The lowest BCUT2D eigenvalue weighted by Crippen LogP contribution is -1.92. The summed E-state index contributed by atoms with van der Waals surface area (Å²) < 4.78 is 5.04. The summed E-state index contributed by atoms with van der Waals surface area (Å²) in [6, 6.07) is 2.07. The number of H-pyrrole nitrogens is 1. The van der Waals surface area contributed by atoms with E-state index in [1.165, 1.54) is 0 Å². The highest BCUT2D eigenvalue weighted by Crippen LogP contribution is 2.26. The van der Waals surface area contributed by atoms with Crippen molar-refractivity contribution in [2.24, 2.45) is 5.73 Å². The molecule has 70 valence electrons. The highest BCUT2D eigenvalue weighted by atomic mass is 32.1. The van der Waals surface area contributed by atoms with Gasteiger partial charge in [-0.2, -0.15) is 5.10 Å². The Morgan fingerprint density at radius 3 is 3.23 bits per heavy atom.